The van der Waals surface area contributed by atoms with Gasteiger partial charge in [-0.05, 0) is 106 Å². The van der Waals surface area contributed by atoms with Gasteiger partial charge in [-0.15, -0.1) is 0 Å². The predicted molar refractivity (Wildman–Crippen MR) is 197 cm³/mol. The van der Waals surface area contributed by atoms with E-state index >= 15 is 0 Å². The number of carbonyl (C=O) groups excluding carboxylic acids is 2. The number of benzene rings is 4. The van der Waals surface area contributed by atoms with E-state index in [4.69, 9.17) is 4.42 Å². The Kier molecular flexibility index (Phi) is 10.1. The maximum Gasteiger partial charge on any atom is 0.224 e. The molecule has 0 bridgehead atoms. The van der Waals surface area contributed by atoms with Gasteiger partial charge in [0.15, 0.2) is 0 Å². The first-order valence-electron chi connectivity index (χ1n) is 16.9. The van der Waals surface area contributed by atoms with Crippen LogP contribution in [0.2, 0.25) is 0 Å². The highest BCUT2D eigenvalue weighted by atomic mass is 16.3. The van der Waals surface area contributed by atoms with Gasteiger partial charge in [-0.2, -0.15) is 0 Å². The van der Waals surface area contributed by atoms with Gasteiger partial charge in [0.25, 0.3) is 0 Å². The van der Waals surface area contributed by atoms with Crippen LogP contribution in [0.4, 0.5) is 28.4 Å². The van der Waals surface area contributed by atoms with Gasteiger partial charge >= 0.3 is 0 Å². The number of anilines is 4. The third-order valence-electron chi connectivity index (χ3n) is 8.76. The van der Waals surface area contributed by atoms with E-state index in [9.17, 15) is 9.59 Å². The maximum atomic E-state index is 12.6. The van der Waals surface area contributed by atoms with Crippen LogP contribution < -0.4 is 26.3 Å². The van der Waals surface area contributed by atoms with E-state index in [2.05, 4.69) is 77.3 Å². The molecule has 7 heteroatoms. The van der Waals surface area contributed by atoms with E-state index < -0.39 is 0 Å². The molecule has 48 heavy (non-hydrogen) atoms. The van der Waals surface area contributed by atoms with E-state index in [1.165, 1.54) is 0 Å². The molecular weight excluding hydrogens is 596 g/mol. The molecule has 7 nitrogen and oxygen atoms in total. The lowest BCUT2D eigenvalue weighted by atomic mass is 10.0. The predicted octanol–water partition coefficient (Wildman–Crippen LogP) is 8.41. The second kappa shape index (κ2) is 14.1. The minimum Gasteiger partial charge on any atom is -0.456 e. The summed E-state index contributed by atoms with van der Waals surface area (Å²) in [6, 6.07) is 18.6. The molecule has 3 aromatic rings. The SMILES string of the molecule is Cc1cc(C)c(Nc2ccc3cc4ccc(=[NH+]c5c(C)cc(C)c(NC(=O)CC(C)C)c5C)cc-4oc3c2)c(C)c1NC(=O)CC(C)C. The summed E-state index contributed by atoms with van der Waals surface area (Å²) >= 11 is 0. The van der Waals surface area contributed by atoms with Gasteiger partial charge in [0, 0.05) is 64.1 Å². The van der Waals surface area contributed by atoms with Crippen molar-refractivity contribution >= 4 is 51.2 Å². The Bertz CT molecular complexity index is 2070. The lowest BCUT2D eigenvalue weighted by Crippen LogP contribution is -2.71. The smallest absolute Gasteiger partial charge is 0.224 e. The molecule has 1 aliphatic carbocycles. The molecule has 1 heterocycles. The van der Waals surface area contributed by atoms with Crippen molar-refractivity contribution in [1.29, 1.82) is 0 Å². The highest BCUT2D eigenvalue weighted by molar-refractivity contribution is 5.95. The molecule has 250 valence electrons. The number of fused-ring (bicyclic) bond motifs is 2. The molecule has 2 amide bonds. The van der Waals surface area contributed by atoms with Gasteiger partial charge in [0.2, 0.25) is 22.9 Å². The van der Waals surface area contributed by atoms with Crippen LogP contribution in [-0.4, -0.2) is 11.8 Å². The van der Waals surface area contributed by atoms with Gasteiger partial charge in [0.05, 0.1) is 11.8 Å². The fraction of sp³-hybridized carbons (Fsp3) is 0.341. The highest BCUT2D eigenvalue weighted by Crippen LogP contribution is 2.35. The summed E-state index contributed by atoms with van der Waals surface area (Å²) in [7, 11) is 0. The van der Waals surface area contributed by atoms with Crippen LogP contribution in [0.1, 0.15) is 73.9 Å². The molecule has 0 unspecified atom stereocenters. The quantitative estimate of drug-likeness (QED) is 0.121. The van der Waals surface area contributed by atoms with Crippen LogP contribution in [0.25, 0.3) is 22.3 Å². The number of aryl methyl sites for hydroxylation is 4. The lowest BCUT2D eigenvalue weighted by molar-refractivity contribution is -0.403. The van der Waals surface area contributed by atoms with E-state index in [0.29, 0.717) is 12.8 Å². The number of nitrogens with one attached hydrogen (secondary N) is 4. The Hall–Kier alpha value is -4.91. The highest BCUT2D eigenvalue weighted by Gasteiger charge is 2.19. The summed E-state index contributed by atoms with van der Waals surface area (Å²) in [4.78, 5) is 28.9. The fourth-order valence-corrected chi connectivity index (χ4v) is 6.48. The van der Waals surface area contributed by atoms with Gasteiger partial charge in [0.1, 0.15) is 11.3 Å². The molecule has 0 radical (unpaired) electrons. The Labute approximate surface area is 284 Å². The number of rotatable bonds is 9. The molecule has 1 aliphatic heterocycles. The summed E-state index contributed by atoms with van der Waals surface area (Å²) in [6.45, 7) is 20.5. The second-order valence-electron chi connectivity index (χ2n) is 14.1. The van der Waals surface area contributed by atoms with Crippen LogP contribution in [0.5, 0.6) is 0 Å². The van der Waals surface area contributed by atoms with Crippen molar-refractivity contribution in [2.75, 3.05) is 16.0 Å². The largest absolute Gasteiger partial charge is 0.456 e. The van der Waals surface area contributed by atoms with Gasteiger partial charge in [-0.1, -0.05) is 33.8 Å². The Morgan fingerprint density at radius 1 is 0.667 bits per heavy atom. The summed E-state index contributed by atoms with van der Waals surface area (Å²) < 4.78 is 6.49. The number of hydrogen-bond acceptors (Lipinski definition) is 4. The number of hydrogen-bond donors (Lipinski definition) is 4. The molecule has 0 saturated carbocycles. The fourth-order valence-electron chi connectivity index (χ4n) is 6.48. The van der Waals surface area contributed by atoms with Crippen LogP contribution in [0.3, 0.4) is 0 Å². The molecule has 2 aliphatic rings. The molecule has 5 rings (SSSR count). The van der Waals surface area contributed by atoms with Crippen molar-refractivity contribution < 1.29 is 19.0 Å². The first kappa shape index (κ1) is 34.4. The summed E-state index contributed by atoms with van der Waals surface area (Å²) in [5.41, 5.74) is 12.6. The molecule has 0 fully saturated rings. The Balaban J connectivity index is 1.49. The molecule has 0 atom stereocenters. The molecule has 3 aromatic carbocycles. The third kappa shape index (κ3) is 7.62. The minimum atomic E-state index is 0.0257. The first-order chi connectivity index (χ1) is 22.7. The van der Waals surface area contributed by atoms with Crippen molar-refractivity contribution in [3.05, 3.63) is 93.3 Å². The second-order valence-corrected chi connectivity index (χ2v) is 14.1. The zero-order valence-electron chi connectivity index (χ0n) is 30.0. The van der Waals surface area contributed by atoms with Crippen molar-refractivity contribution in [2.24, 2.45) is 11.8 Å². The maximum absolute atomic E-state index is 12.6. The van der Waals surface area contributed by atoms with E-state index in [0.717, 1.165) is 89.5 Å². The van der Waals surface area contributed by atoms with Crippen LogP contribution in [-0.2, 0) is 9.59 Å². The molecule has 0 saturated heterocycles. The van der Waals surface area contributed by atoms with Gasteiger partial charge in [-0.3, -0.25) is 9.59 Å². The molecular formula is C41H49N4O3+. The first-order valence-corrected chi connectivity index (χ1v) is 16.9. The van der Waals surface area contributed by atoms with E-state index in [-0.39, 0.29) is 23.7 Å². The zero-order chi connectivity index (χ0) is 34.9. The zero-order valence-corrected chi connectivity index (χ0v) is 30.0. The average molecular weight is 646 g/mol. The average Bonchev–Trinajstić information content (AvgIpc) is 2.99. The van der Waals surface area contributed by atoms with E-state index in [1.807, 2.05) is 67.5 Å². The Morgan fingerprint density at radius 2 is 1.25 bits per heavy atom. The summed E-state index contributed by atoms with van der Waals surface area (Å²) in [5, 5.41) is 11.8. The monoisotopic (exact) mass is 645 g/mol. The van der Waals surface area contributed by atoms with Crippen LogP contribution >= 0.6 is 0 Å². The standard InChI is InChI=1S/C41H48N4O3/c1-22(2)15-36(46)44-40-26(7)17-24(5)38(28(40)9)42-32-13-11-30-19-31-12-14-33(21-35(31)48-34(30)20-32)43-39-25(6)18-27(8)41(29(39)10)45-37(47)16-23(3)4/h11-14,17-23,42H,15-16H2,1-10H3,(H,44,46)(H,45,47)/p+1. The number of amides is 2. The van der Waals surface area contributed by atoms with Crippen molar-refractivity contribution in [2.45, 2.75) is 82.1 Å². The van der Waals surface area contributed by atoms with Crippen LogP contribution in [0.15, 0.2) is 59.0 Å². The molecule has 0 spiro atoms. The van der Waals surface area contributed by atoms with Gasteiger partial charge < -0.3 is 20.4 Å². The van der Waals surface area contributed by atoms with Crippen molar-refractivity contribution in [1.82, 2.24) is 0 Å². The number of carbonyl (C=O) groups is 2. The summed E-state index contributed by atoms with van der Waals surface area (Å²) in [6.07, 6.45) is 0.962. The van der Waals surface area contributed by atoms with Gasteiger partial charge in [-0.25, -0.2) is 4.99 Å². The van der Waals surface area contributed by atoms with E-state index in [1.54, 1.807) is 0 Å². The normalized spacial score (nSPS) is 12.0. The summed E-state index contributed by atoms with van der Waals surface area (Å²) in [5.74, 6) is 1.39. The molecule has 0 aromatic heterocycles. The third-order valence-corrected chi connectivity index (χ3v) is 8.76. The minimum absolute atomic E-state index is 0.0257. The van der Waals surface area contributed by atoms with Crippen molar-refractivity contribution in [3.63, 3.8) is 0 Å². The Morgan fingerprint density at radius 3 is 1.88 bits per heavy atom. The lowest BCUT2D eigenvalue weighted by Gasteiger charge is -2.20. The topological polar surface area (TPSA) is 97.3 Å². The molecule has 4 N–H and O–H groups in total. The van der Waals surface area contributed by atoms with Crippen molar-refractivity contribution in [3.8, 4) is 11.3 Å². The van der Waals surface area contributed by atoms with Crippen LogP contribution in [0, 0.1) is 53.4 Å².